The molecule has 0 fully saturated rings. The standard InChI is InChI=1S/C8H14N2O5/c1-10(4-3-7(12)13)6(11)5-9-8(14)15-2/h3-5H2,1-2H3,(H,9,14)(H,12,13). The van der Waals surface area contributed by atoms with Crippen LogP contribution >= 0.6 is 0 Å². The number of rotatable bonds is 5. The maximum absolute atomic E-state index is 11.2. The van der Waals surface area contributed by atoms with Gasteiger partial charge < -0.3 is 20.1 Å². The quantitative estimate of drug-likeness (QED) is 0.634. The van der Waals surface area contributed by atoms with E-state index in [1.54, 1.807) is 0 Å². The first kappa shape index (κ1) is 13.2. The summed E-state index contributed by atoms with van der Waals surface area (Å²) >= 11 is 0. The number of amides is 2. The van der Waals surface area contributed by atoms with Crippen LogP contribution in [0.2, 0.25) is 0 Å². The van der Waals surface area contributed by atoms with Gasteiger partial charge in [-0.25, -0.2) is 4.79 Å². The summed E-state index contributed by atoms with van der Waals surface area (Å²) in [5.74, 6) is -1.35. The highest BCUT2D eigenvalue weighted by Gasteiger charge is 2.11. The van der Waals surface area contributed by atoms with Crippen molar-refractivity contribution in [3.8, 4) is 0 Å². The Labute approximate surface area is 87.0 Å². The van der Waals surface area contributed by atoms with Crippen molar-refractivity contribution in [2.45, 2.75) is 6.42 Å². The van der Waals surface area contributed by atoms with Crippen LogP contribution in [0.25, 0.3) is 0 Å². The van der Waals surface area contributed by atoms with Gasteiger partial charge in [0.1, 0.15) is 6.54 Å². The second-order valence-corrected chi connectivity index (χ2v) is 2.80. The van der Waals surface area contributed by atoms with E-state index in [4.69, 9.17) is 5.11 Å². The monoisotopic (exact) mass is 218 g/mol. The van der Waals surface area contributed by atoms with Crippen LogP contribution in [0.4, 0.5) is 4.79 Å². The molecule has 0 aromatic carbocycles. The summed E-state index contributed by atoms with van der Waals surface area (Å²) in [7, 11) is 2.65. The SMILES string of the molecule is COC(=O)NCC(=O)N(C)CCC(=O)O. The van der Waals surface area contributed by atoms with E-state index in [9.17, 15) is 14.4 Å². The minimum absolute atomic E-state index is 0.108. The van der Waals surface area contributed by atoms with E-state index in [0.717, 1.165) is 0 Å². The molecular weight excluding hydrogens is 204 g/mol. The van der Waals surface area contributed by atoms with Crippen molar-refractivity contribution in [2.24, 2.45) is 0 Å². The number of hydrogen-bond donors (Lipinski definition) is 2. The fourth-order valence-electron chi connectivity index (χ4n) is 0.743. The average molecular weight is 218 g/mol. The first-order chi connectivity index (χ1) is 6.97. The molecule has 0 heterocycles. The van der Waals surface area contributed by atoms with Crippen LogP contribution in [-0.2, 0) is 14.3 Å². The molecule has 15 heavy (non-hydrogen) atoms. The number of nitrogens with zero attached hydrogens (tertiary/aromatic N) is 1. The van der Waals surface area contributed by atoms with Gasteiger partial charge in [-0.15, -0.1) is 0 Å². The van der Waals surface area contributed by atoms with Crippen LogP contribution in [0.5, 0.6) is 0 Å². The van der Waals surface area contributed by atoms with Gasteiger partial charge in [-0.2, -0.15) is 0 Å². The zero-order chi connectivity index (χ0) is 11.8. The predicted molar refractivity (Wildman–Crippen MR) is 50.3 cm³/mol. The number of alkyl carbamates (subject to hydrolysis) is 1. The van der Waals surface area contributed by atoms with Crippen molar-refractivity contribution < 1.29 is 24.2 Å². The molecule has 0 aromatic heterocycles. The third-order valence-electron chi connectivity index (χ3n) is 1.66. The van der Waals surface area contributed by atoms with Crippen molar-refractivity contribution in [3.05, 3.63) is 0 Å². The first-order valence-corrected chi connectivity index (χ1v) is 4.25. The number of hydrogen-bond acceptors (Lipinski definition) is 4. The third-order valence-corrected chi connectivity index (χ3v) is 1.66. The highest BCUT2D eigenvalue weighted by molar-refractivity contribution is 5.82. The van der Waals surface area contributed by atoms with Crippen LogP contribution in [0.3, 0.4) is 0 Å². The first-order valence-electron chi connectivity index (χ1n) is 4.25. The Kier molecular flexibility index (Phi) is 5.84. The van der Waals surface area contributed by atoms with Crippen molar-refractivity contribution in [2.75, 3.05) is 27.2 Å². The van der Waals surface area contributed by atoms with E-state index in [2.05, 4.69) is 10.1 Å². The molecule has 0 aromatic rings. The highest BCUT2D eigenvalue weighted by Crippen LogP contribution is 1.88. The van der Waals surface area contributed by atoms with Gasteiger partial charge in [-0.05, 0) is 0 Å². The topological polar surface area (TPSA) is 95.9 Å². The Morgan fingerprint density at radius 2 is 2.00 bits per heavy atom. The lowest BCUT2D eigenvalue weighted by atomic mass is 10.4. The maximum atomic E-state index is 11.2. The average Bonchev–Trinajstić information content (AvgIpc) is 2.21. The van der Waals surface area contributed by atoms with Crippen molar-refractivity contribution in [1.29, 1.82) is 0 Å². The molecule has 2 amide bonds. The molecular formula is C8H14N2O5. The van der Waals surface area contributed by atoms with E-state index < -0.39 is 12.1 Å². The van der Waals surface area contributed by atoms with E-state index in [0.29, 0.717) is 0 Å². The van der Waals surface area contributed by atoms with Crippen molar-refractivity contribution >= 4 is 18.0 Å². The summed E-state index contributed by atoms with van der Waals surface area (Å²) in [6, 6.07) is 0. The van der Waals surface area contributed by atoms with Gasteiger partial charge in [0.25, 0.3) is 0 Å². The van der Waals surface area contributed by atoms with E-state index >= 15 is 0 Å². The molecule has 0 bridgehead atoms. The molecule has 0 aliphatic carbocycles. The Bertz CT molecular complexity index is 253. The van der Waals surface area contributed by atoms with Crippen molar-refractivity contribution in [1.82, 2.24) is 10.2 Å². The molecule has 0 aliphatic heterocycles. The van der Waals surface area contributed by atoms with Gasteiger partial charge in [0.2, 0.25) is 5.91 Å². The van der Waals surface area contributed by atoms with Crippen molar-refractivity contribution in [3.63, 3.8) is 0 Å². The van der Waals surface area contributed by atoms with Crippen LogP contribution in [0, 0.1) is 0 Å². The number of carbonyl (C=O) groups is 3. The molecule has 2 N–H and O–H groups in total. The number of carboxylic acids is 1. The third kappa shape index (κ3) is 6.30. The van der Waals surface area contributed by atoms with Gasteiger partial charge in [0.15, 0.2) is 0 Å². The van der Waals surface area contributed by atoms with E-state index in [1.165, 1.54) is 19.1 Å². The molecule has 0 rings (SSSR count). The minimum Gasteiger partial charge on any atom is -0.481 e. The zero-order valence-corrected chi connectivity index (χ0v) is 8.65. The molecule has 7 nitrogen and oxygen atoms in total. The molecule has 0 saturated heterocycles. The number of likely N-dealkylation sites (N-methyl/N-ethyl adjacent to an activating group) is 1. The number of nitrogens with one attached hydrogen (secondary N) is 1. The fraction of sp³-hybridized carbons (Fsp3) is 0.625. The lowest BCUT2D eigenvalue weighted by Crippen LogP contribution is -2.38. The van der Waals surface area contributed by atoms with E-state index in [-0.39, 0.29) is 25.4 Å². The normalized spacial score (nSPS) is 9.20. The summed E-state index contributed by atoms with van der Waals surface area (Å²) in [5.41, 5.74) is 0. The summed E-state index contributed by atoms with van der Waals surface area (Å²) in [5, 5.41) is 10.6. The van der Waals surface area contributed by atoms with Gasteiger partial charge in [-0.3, -0.25) is 9.59 Å². The number of methoxy groups -OCH3 is 1. The molecule has 0 radical (unpaired) electrons. The Hall–Kier alpha value is -1.79. The molecule has 0 aliphatic rings. The maximum Gasteiger partial charge on any atom is 0.407 e. The van der Waals surface area contributed by atoms with Gasteiger partial charge in [0, 0.05) is 13.6 Å². The molecule has 86 valence electrons. The van der Waals surface area contributed by atoms with E-state index in [1.807, 2.05) is 0 Å². The van der Waals surface area contributed by atoms with Crippen LogP contribution in [0.1, 0.15) is 6.42 Å². The summed E-state index contributed by atoms with van der Waals surface area (Å²) in [6.07, 6.45) is -0.824. The van der Waals surface area contributed by atoms with Crippen LogP contribution < -0.4 is 5.32 Å². The lowest BCUT2D eigenvalue weighted by molar-refractivity contribution is -0.138. The Balaban J connectivity index is 3.79. The smallest absolute Gasteiger partial charge is 0.407 e. The van der Waals surface area contributed by atoms with Crippen LogP contribution in [0.15, 0.2) is 0 Å². The predicted octanol–water partition coefficient (Wildman–Crippen LogP) is -0.724. The zero-order valence-electron chi connectivity index (χ0n) is 8.65. The fourth-order valence-corrected chi connectivity index (χ4v) is 0.743. The largest absolute Gasteiger partial charge is 0.481 e. The Morgan fingerprint density at radius 1 is 1.40 bits per heavy atom. The highest BCUT2D eigenvalue weighted by atomic mass is 16.5. The second-order valence-electron chi connectivity index (χ2n) is 2.80. The Morgan fingerprint density at radius 3 is 2.47 bits per heavy atom. The lowest BCUT2D eigenvalue weighted by Gasteiger charge is -2.15. The number of carboxylic acid groups (broad SMARTS) is 1. The number of aliphatic carboxylic acids is 1. The van der Waals surface area contributed by atoms with Gasteiger partial charge in [0.05, 0.1) is 13.5 Å². The molecule has 0 unspecified atom stereocenters. The van der Waals surface area contributed by atoms with Gasteiger partial charge in [-0.1, -0.05) is 0 Å². The number of ether oxygens (including phenoxy) is 1. The molecule has 0 atom stereocenters. The summed E-state index contributed by atoms with van der Waals surface area (Å²) < 4.78 is 4.26. The second kappa shape index (κ2) is 6.63. The number of carbonyl (C=O) groups excluding carboxylic acids is 2. The van der Waals surface area contributed by atoms with Crippen LogP contribution in [-0.4, -0.2) is 55.2 Å². The van der Waals surface area contributed by atoms with Gasteiger partial charge >= 0.3 is 12.1 Å². The molecule has 7 heteroatoms. The summed E-state index contributed by atoms with van der Waals surface area (Å²) in [6.45, 7) is -0.0974. The molecule has 0 saturated carbocycles. The minimum atomic E-state index is -0.976. The summed E-state index contributed by atoms with van der Waals surface area (Å²) in [4.78, 5) is 33.3. The molecule has 0 spiro atoms.